The van der Waals surface area contributed by atoms with E-state index in [9.17, 15) is 0 Å². The zero-order chi connectivity index (χ0) is 36.0. The van der Waals surface area contributed by atoms with E-state index in [1.54, 1.807) is 0 Å². The summed E-state index contributed by atoms with van der Waals surface area (Å²) >= 11 is 0. The topological polar surface area (TPSA) is 13.1 Å². The molecule has 1 aliphatic rings. The third kappa shape index (κ3) is 4.42. The number of hydrogen-bond donors (Lipinski definition) is 0. The second-order valence-corrected chi connectivity index (χ2v) is 15.0. The fourth-order valence-corrected chi connectivity index (χ4v) is 9.19. The monoisotopic (exact) mass is 691 g/mol. The molecule has 0 amide bonds. The molecule has 0 aliphatic heterocycles. The Balaban J connectivity index is 1.17. The highest BCUT2D eigenvalue weighted by atomic mass is 15.1. The van der Waals surface area contributed by atoms with E-state index in [2.05, 4.69) is 216 Å². The van der Waals surface area contributed by atoms with Crippen molar-refractivity contribution in [2.24, 2.45) is 0 Å². The highest BCUT2D eigenvalue weighted by Gasteiger charge is 2.36. The van der Waals surface area contributed by atoms with Crippen LogP contribution in [0.4, 0.5) is 17.1 Å². The molecule has 1 aliphatic carbocycles. The van der Waals surface area contributed by atoms with E-state index in [4.69, 9.17) is 0 Å². The molecule has 8 aromatic carbocycles. The standard InChI is InChI=1S/C51H37N3/c1-51(2)45-22-12-9-19-39(45)40-28-25-38(33-46(40)51)52(36-26-29-49-43(31-36)41-20-10-13-23-47(41)53(49)34-15-5-3-6-16-34)37-27-30-50-44(32-37)42-21-11-14-24-48(42)54(50)35-17-7-4-8-18-35/h3-33H,1-2H3. The van der Waals surface area contributed by atoms with Gasteiger partial charge in [0.25, 0.3) is 0 Å². The molecule has 3 nitrogen and oxygen atoms in total. The Labute approximate surface area is 314 Å². The lowest BCUT2D eigenvalue weighted by Crippen LogP contribution is -2.16. The molecular weight excluding hydrogens is 655 g/mol. The van der Waals surface area contributed by atoms with Gasteiger partial charge in [0.05, 0.1) is 22.1 Å². The van der Waals surface area contributed by atoms with Crippen molar-refractivity contribution < 1.29 is 0 Å². The highest BCUT2D eigenvalue weighted by Crippen LogP contribution is 2.51. The molecule has 0 fully saturated rings. The number of fused-ring (bicyclic) bond motifs is 9. The van der Waals surface area contributed by atoms with Crippen LogP contribution in [0.2, 0.25) is 0 Å². The lowest BCUT2D eigenvalue weighted by Gasteiger charge is -2.28. The molecule has 0 bridgehead atoms. The predicted octanol–water partition coefficient (Wildman–Crippen LogP) is 13.7. The lowest BCUT2D eigenvalue weighted by atomic mass is 9.82. The van der Waals surface area contributed by atoms with E-state index in [0.29, 0.717) is 0 Å². The first-order chi connectivity index (χ1) is 26.6. The maximum Gasteiger partial charge on any atom is 0.0542 e. The molecule has 0 saturated carbocycles. The van der Waals surface area contributed by atoms with E-state index in [0.717, 1.165) is 28.4 Å². The Morgan fingerprint density at radius 1 is 0.352 bits per heavy atom. The molecule has 2 aromatic heterocycles. The minimum atomic E-state index is -0.117. The van der Waals surface area contributed by atoms with Crippen molar-refractivity contribution >= 4 is 60.7 Å². The minimum Gasteiger partial charge on any atom is -0.310 e. The van der Waals surface area contributed by atoms with Gasteiger partial charge in [-0.3, -0.25) is 0 Å². The Bertz CT molecular complexity index is 2920. The van der Waals surface area contributed by atoms with Crippen molar-refractivity contribution in [1.82, 2.24) is 9.13 Å². The number of rotatable bonds is 5. The second kappa shape index (κ2) is 11.6. The number of para-hydroxylation sites is 4. The Hall–Kier alpha value is -6.84. The van der Waals surface area contributed by atoms with Crippen molar-refractivity contribution in [3.8, 4) is 22.5 Å². The van der Waals surface area contributed by atoms with Gasteiger partial charge in [0.1, 0.15) is 0 Å². The van der Waals surface area contributed by atoms with E-state index in [-0.39, 0.29) is 5.41 Å². The number of aromatic nitrogens is 2. The smallest absolute Gasteiger partial charge is 0.0542 e. The van der Waals surface area contributed by atoms with Gasteiger partial charge in [-0.15, -0.1) is 0 Å². The van der Waals surface area contributed by atoms with Gasteiger partial charge in [0.2, 0.25) is 0 Å². The van der Waals surface area contributed by atoms with Crippen LogP contribution in [0.5, 0.6) is 0 Å². The van der Waals surface area contributed by atoms with E-state index >= 15 is 0 Å². The number of hydrogen-bond acceptors (Lipinski definition) is 1. The van der Waals surface area contributed by atoms with Crippen LogP contribution in [0.3, 0.4) is 0 Å². The Morgan fingerprint density at radius 3 is 1.35 bits per heavy atom. The molecule has 2 heterocycles. The van der Waals surface area contributed by atoms with Gasteiger partial charge in [0.15, 0.2) is 0 Å². The van der Waals surface area contributed by atoms with Gasteiger partial charge >= 0.3 is 0 Å². The van der Waals surface area contributed by atoms with Crippen LogP contribution in [-0.2, 0) is 5.41 Å². The molecular formula is C51H37N3. The molecule has 0 radical (unpaired) electrons. The molecule has 0 N–H and O–H groups in total. The number of anilines is 3. The van der Waals surface area contributed by atoms with Gasteiger partial charge in [-0.2, -0.15) is 0 Å². The normalized spacial score (nSPS) is 13.1. The summed E-state index contributed by atoms with van der Waals surface area (Å²) < 4.78 is 4.77. The van der Waals surface area contributed by atoms with Crippen LogP contribution in [0.1, 0.15) is 25.0 Å². The minimum absolute atomic E-state index is 0.117. The summed E-state index contributed by atoms with van der Waals surface area (Å²) in [5, 5.41) is 4.94. The Kier molecular flexibility index (Phi) is 6.60. The highest BCUT2D eigenvalue weighted by molar-refractivity contribution is 6.12. The first kappa shape index (κ1) is 30.8. The molecule has 0 unspecified atom stereocenters. The van der Waals surface area contributed by atoms with Crippen LogP contribution in [0.15, 0.2) is 188 Å². The van der Waals surface area contributed by atoms with Crippen molar-refractivity contribution in [3.05, 3.63) is 199 Å². The van der Waals surface area contributed by atoms with Gasteiger partial charge in [-0.05, 0) is 107 Å². The zero-order valence-corrected chi connectivity index (χ0v) is 30.2. The quantitative estimate of drug-likeness (QED) is 0.175. The van der Waals surface area contributed by atoms with Crippen LogP contribution in [-0.4, -0.2) is 9.13 Å². The largest absolute Gasteiger partial charge is 0.310 e. The second-order valence-electron chi connectivity index (χ2n) is 15.0. The van der Waals surface area contributed by atoms with Gasteiger partial charge in [-0.1, -0.05) is 117 Å². The van der Waals surface area contributed by atoms with Crippen molar-refractivity contribution in [3.63, 3.8) is 0 Å². The van der Waals surface area contributed by atoms with E-state index in [1.165, 1.54) is 65.9 Å². The number of benzene rings is 8. The van der Waals surface area contributed by atoms with Crippen LogP contribution in [0.25, 0.3) is 66.1 Å². The summed E-state index contributed by atoms with van der Waals surface area (Å²) in [6.07, 6.45) is 0. The molecule has 0 atom stereocenters. The van der Waals surface area contributed by atoms with Gasteiger partial charge in [0, 0.05) is 55.4 Å². The molecule has 0 saturated heterocycles. The maximum absolute atomic E-state index is 2.46. The van der Waals surface area contributed by atoms with Gasteiger partial charge < -0.3 is 14.0 Å². The maximum atomic E-state index is 2.46. The third-order valence-electron chi connectivity index (χ3n) is 11.7. The summed E-state index contributed by atoms with van der Waals surface area (Å²) in [6.45, 7) is 4.72. The molecule has 0 spiro atoms. The Morgan fingerprint density at radius 2 is 0.778 bits per heavy atom. The molecule has 256 valence electrons. The van der Waals surface area contributed by atoms with E-state index < -0.39 is 0 Å². The summed E-state index contributed by atoms with van der Waals surface area (Å²) in [5.41, 5.74) is 15.8. The molecule has 54 heavy (non-hydrogen) atoms. The summed E-state index contributed by atoms with van der Waals surface area (Å²) in [6, 6.07) is 68.9. The third-order valence-corrected chi connectivity index (χ3v) is 11.7. The summed E-state index contributed by atoms with van der Waals surface area (Å²) in [7, 11) is 0. The summed E-state index contributed by atoms with van der Waals surface area (Å²) in [5.74, 6) is 0. The fraction of sp³-hybridized carbons (Fsp3) is 0.0588. The SMILES string of the molecule is CC1(C)c2ccccc2-c2ccc(N(c3ccc4c(c3)c3ccccc3n4-c3ccccc3)c3ccc4c(c3)c3ccccc3n4-c3ccccc3)cc21. The summed E-state index contributed by atoms with van der Waals surface area (Å²) in [4.78, 5) is 2.46. The zero-order valence-electron chi connectivity index (χ0n) is 30.2. The first-order valence-corrected chi connectivity index (χ1v) is 18.8. The van der Waals surface area contributed by atoms with Gasteiger partial charge in [-0.25, -0.2) is 0 Å². The molecule has 10 aromatic rings. The predicted molar refractivity (Wildman–Crippen MR) is 227 cm³/mol. The van der Waals surface area contributed by atoms with Crippen LogP contribution >= 0.6 is 0 Å². The average molecular weight is 692 g/mol. The lowest BCUT2D eigenvalue weighted by molar-refractivity contribution is 0.660. The first-order valence-electron chi connectivity index (χ1n) is 18.8. The van der Waals surface area contributed by atoms with Crippen molar-refractivity contribution in [1.29, 1.82) is 0 Å². The van der Waals surface area contributed by atoms with Crippen molar-refractivity contribution in [2.75, 3.05) is 4.90 Å². The molecule has 11 rings (SSSR count). The molecule has 3 heteroatoms. The van der Waals surface area contributed by atoms with Crippen molar-refractivity contribution in [2.45, 2.75) is 19.3 Å². The average Bonchev–Trinajstić information content (AvgIpc) is 3.81. The number of nitrogens with zero attached hydrogens (tertiary/aromatic N) is 3. The van der Waals surface area contributed by atoms with Crippen LogP contribution in [0, 0.1) is 0 Å². The fourth-order valence-electron chi connectivity index (χ4n) is 9.19. The van der Waals surface area contributed by atoms with Crippen LogP contribution < -0.4 is 4.90 Å². The van der Waals surface area contributed by atoms with E-state index in [1.807, 2.05) is 0 Å².